The first-order valence-electron chi connectivity index (χ1n) is 8.79. The fourth-order valence-electron chi connectivity index (χ4n) is 2.54. The van der Waals surface area contributed by atoms with Gasteiger partial charge < -0.3 is 10.6 Å². The molecule has 0 bridgehead atoms. The maximum atomic E-state index is 13.7. The smallest absolute Gasteiger partial charge is 0.319 e. The molecule has 0 saturated heterocycles. The minimum absolute atomic E-state index is 0.145. The summed E-state index contributed by atoms with van der Waals surface area (Å²) in [6.45, 7) is 0.326. The van der Waals surface area contributed by atoms with E-state index < -0.39 is 33.4 Å². The Morgan fingerprint density at radius 1 is 0.933 bits per heavy atom. The van der Waals surface area contributed by atoms with Gasteiger partial charge in [-0.1, -0.05) is 6.07 Å². The number of nitrogens with zero attached hydrogens (tertiary/aromatic N) is 1. The zero-order chi connectivity index (χ0) is 21.6. The molecule has 7 nitrogen and oxygen atoms in total. The van der Waals surface area contributed by atoms with Crippen LogP contribution in [0, 0.1) is 11.6 Å². The second kappa shape index (κ2) is 9.31. The first-order chi connectivity index (χ1) is 14.3. The molecule has 10 heteroatoms. The summed E-state index contributed by atoms with van der Waals surface area (Å²) in [5.41, 5.74) is 1.44. The summed E-state index contributed by atoms with van der Waals surface area (Å²) in [6.07, 6.45) is 3.25. The Morgan fingerprint density at radius 2 is 1.60 bits per heavy atom. The molecule has 0 fully saturated rings. The minimum Gasteiger partial charge on any atom is -0.334 e. The highest BCUT2D eigenvalue weighted by Crippen LogP contribution is 2.18. The highest BCUT2D eigenvalue weighted by molar-refractivity contribution is 7.91. The minimum atomic E-state index is -3.92. The second-order valence-electron chi connectivity index (χ2n) is 6.34. The number of carbonyl (C=O) groups is 1. The highest BCUT2D eigenvalue weighted by Gasteiger charge is 2.15. The van der Waals surface area contributed by atoms with Gasteiger partial charge in [0.05, 0.1) is 5.75 Å². The molecule has 0 radical (unpaired) electrons. The summed E-state index contributed by atoms with van der Waals surface area (Å²) in [4.78, 5) is 15.8. The van der Waals surface area contributed by atoms with E-state index in [-0.39, 0.29) is 11.3 Å². The molecule has 0 unspecified atom stereocenters. The number of urea groups is 1. The van der Waals surface area contributed by atoms with E-state index >= 15 is 0 Å². The summed E-state index contributed by atoms with van der Waals surface area (Å²) >= 11 is 0. The number of hydrogen-bond donors (Lipinski definition) is 3. The Bertz CT molecular complexity index is 1120. The number of sulfonamides is 1. The second-order valence-corrected chi connectivity index (χ2v) is 8.06. The largest absolute Gasteiger partial charge is 0.334 e. The SMILES string of the molecule is O=C(NCc1ccncc1)Nc1ccc(NS(=O)(=O)Cc2ccc(F)cc2F)cc1. The number of halogens is 2. The molecule has 0 aliphatic heterocycles. The van der Waals surface area contributed by atoms with Crippen LogP contribution in [0.15, 0.2) is 67.0 Å². The van der Waals surface area contributed by atoms with Crippen LogP contribution in [-0.2, 0) is 22.3 Å². The molecule has 1 heterocycles. The van der Waals surface area contributed by atoms with Crippen LogP contribution in [0.1, 0.15) is 11.1 Å². The fraction of sp³-hybridized carbons (Fsp3) is 0.100. The van der Waals surface area contributed by atoms with Crippen molar-refractivity contribution in [3.63, 3.8) is 0 Å². The molecule has 156 valence electrons. The van der Waals surface area contributed by atoms with Crippen molar-refractivity contribution in [3.8, 4) is 0 Å². The predicted molar refractivity (Wildman–Crippen MR) is 109 cm³/mol. The van der Waals surface area contributed by atoms with Gasteiger partial charge in [-0.25, -0.2) is 22.0 Å². The van der Waals surface area contributed by atoms with Crippen molar-refractivity contribution in [3.05, 3.63) is 89.8 Å². The third-order valence-electron chi connectivity index (χ3n) is 3.98. The van der Waals surface area contributed by atoms with Gasteiger partial charge in [-0.2, -0.15) is 0 Å². The number of benzene rings is 2. The van der Waals surface area contributed by atoms with Crippen LogP contribution in [0.25, 0.3) is 0 Å². The Morgan fingerprint density at radius 3 is 2.27 bits per heavy atom. The van der Waals surface area contributed by atoms with Crippen LogP contribution in [0.4, 0.5) is 25.0 Å². The van der Waals surface area contributed by atoms with Crippen LogP contribution in [0.3, 0.4) is 0 Å². The van der Waals surface area contributed by atoms with Gasteiger partial charge in [0, 0.05) is 41.9 Å². The summed E-state index contributed by atoms with van der Waals surface area (Å²) in [5, 5.41) is 5.31. The zero-order valence-corrected chi connectivity index (χ0v) is 16.4. The number of anilines is 2. The van der Waals surface area contributed by atoms with Crippen LogP contribution in [-0.4, -0.2) is 19.4 Å². The lowest BCUT2D eigenvalue weighted by molar-refractivity contribution is 0.251. The van der Waals surface area contributed by atoms with Gasteiger partial charge in [-0.05, 0) is 48.0 Å². The van der Waals surface area contributed by atoms with Crippen LogP contribution in [0.2, 0.25) is 0 Å². The maximum Gasteiger partial charge on any atom is 0.319 e. The molecule has 2 aromatic carbocycles. The zero-order valence-electron chi connectivity index (χ0n) is 15.6. The number of nitrogens with one attached hydrogen (secondary N) is 3. The molecule has 3 aromatic rings. The number of aromatic nitrogens is 1. The summed E-state index contributed by atoms with van der Waals surface area (Å²) in [7, 11) is -3.92. The topological polar surface area (TPSA) is 100 Å². The Hall–Kier alpha value is -3.53. The van der Waals surface area contributed by atoms with E-state index in [1.54, 1.807) is 24.5 Å². The van der Waals surface area contributed by atoms with Crippen molar-refractivity contribution < 1.29 is 22.0 Å². The van der Waals surface area contributed by atoms with Gasteiger partial charge in [0.1, 0.15) is 11.6 Å². The van der Waals surface area contributed by atoms with E-state index in [9.17, 15) is 22.0 Å². The van der Waals surface area contributed by atoms with E-state index in [1.807, 2.05) is 0 Å². The molecule has 0 atom stereocenters. The molecular weight excluding hydrogens is 414 g/mol. The van der Waals surface area contributed by atoms with Crippen molar-refractivity contribution in [1.82, 2.24) is 10.3 Å². The maximum absolute atomic E-state index is 13.7. The molecular formula is C20H18F2N4O3S. The van der Waals surface area contributed by atoms with Crippen LogP contribution >= 0.6 is 0 Å². The lowest BCUT2D eigenvalue weighted by Crippen LogP contribution is -2.28. The summed E-state index contributed by atoms with van der Waals surface area (Å²) in [6, 6.07) is 11.8. The number of hydrogen-bond acceptors (Lipinski definition) is 4. The van der Waals surface area contributed by atoms with E-state index in [0.717, 1.165) is 17.7 Å². The monoisotopic (exact) mass is 432 g/mol. The molecule has 3 N–H and O–H groups in total. The van der Waals surface area contributed by atoms with E-state index in [2.05, 4.69) is 20.3 Å². The standard InChI is InChI=1S/C20H18F2N4O3S/c21-16-2-1-15(19(22)11-16)13-30(28,29)26-18-5-3-17(4-6-18)25-20(27)24-12-14-7-9-23-10-8-14/h1-11,26H,12-13H2,(H2,24,25,27). The van der Waals surface area contributed by atoms with Crippen molar-refractivity contribution >= 4 is 27.4 Å². The quantitative estimate of drug-likeness (QED) is 0.531. The van der Waals surface area contributed by atoms with Crippen molar-refractivity contribution in [2.75, 3.05) is 10.0 Å². The van der Waals surface area contributed by atoms with Crippen molar-refractivity contribution in [2.45, 2.75) is 12.3 Å². The molecule has 0 aliphatic carbocycles. The van der Waals surface area contributed by atoms with Gasteiger partial charge >= 0.3 is 6.03 Å². The predicted octanol–water partition coefficient (Wildman–Crippen LogP) is 3.62. The third-order valence-corrected chi connectivity index (χ3v) is 5.22. The third kappa shape index (κ3) is 6.24. The lowest BCUT2D eigenvalue weighted by Gasteiger charge is -2.11. The van der Waals surface area contributed by atoms with E-state index in [4.69, 9.17) is 0 Å². The average Bonchev–Trinajstić information content (AvgIpc) is 2.71. The van der Waals surface area contributed by atoms with Gasteiger partial charge in [-0.15, -0.1) is 0 Å². The Balaban J connectivity index is 1.55. The van der Waals surface area contributed by atoms with Gasteiger partial charge in [0.15, 0.2) is 0 Å². The fourth-order valence-corrected chi connectivity index (χ4v) is 3.75. The van der Waals surface area contributed by atoms with Gasteiger partial charge in [0.25, 0.3) is 0 Å². The molecule has 3 rings (SSSR count). The molecule has 0 saturated carbocycles. The van der Waals surface area contributed by atoms with Crippen molar-refractivity contribution in [2.24, 2.45) is 0 Å². The van der Waals surface area contributed by atoms with Crippen molar-refractivity contribution in [1.29, 1.82) is 0 Å². The molecule has 0 spiro atoms. The Labute approximate surface area is 172 Å². The number of carbonyl (C=O) groups excluding carboxylic acids is 1. The van der Waals surface area contributed by atoms with E-state index in [0.29, 0.717) is 18.3 Å². The highest BCUT2D eigenvalue weighted by atomic mass is 32.2. The lowest BCUT2D eigenvalue weighted by atomic mass is 10.2. The van der Waals surface area contributed by atoms with Crippen LogP contribution < -0.4 is 15.4 Å². The molecule has 2 amide bonds. The summed E-state index contributed by atoms with van der Waals surface area (Å²) in [5.74, 6) is -2.36. The first kappa shape index (κ1) is 21.2. The number of pyridine rings is 1. The van der Waals surface area contributed by atoms with E-state index in [1.165, 1.54) is 24.3 Å². The normalized spacial score (nSPS) is 11.0. The molecule has 30 heavy (non-hydrogen) atoms. The molecule has 1 aromatic heterocycles. The molecule has 0 aliphatic rings. The average molecular weight is 432 g/mol. The van der Waals surface area contributed by atoms with Crippen LogP contribution in [0.5, 0.6) is 0 Å². The van der Waals surface area contributed by atoms with Gasteiger partial charge in [-0.3, -0.25) is 9.71 Å². The first-order valence-corrected chi connectivity index (χ1v) is 10.4. The van der Waals surface area contributed by atoms with Gasteiger partial charge in [0.2, 0.25) is 10.0 Å². The summed E-state index contributed by atoms with van der Waals surface area (Å²) < 4.78 is 53.4. The number of amides is 2. The number of rotatable bonds is 7. The Kier molecular flexibility index (Phi) is 6.58.